The lowest BCUT2D eigenvalue weighted by Crippen LogP contribution is -1.97. The Morgan fingerprint density at radius 2 is 2.29 bits per heavy atom. The van der Waals surface area contributed by atoms with Crippen molar-refractivity contribution in [2.75, 3.05) is 6.54 Å². The molecule has 2 rings (SSSR count). The molecular weight excluding hydrogens is 218 g/mol. The van der Waals surface area contributed by atoms with E-state index in [0.717, 1.165) is 5.56 Å². The van der Waals surface area contributed by atoms with E-state index in [9.17, 15) is 4.79 Å². The summed E-state index contributed by atoms with van der Waals surface area (Å²) in [5, 5.41) is 3.92. The Balaban J connectivity index is 2.37. The first-order valence-electron chi connectivity index (χ1n) is 5.00. The van der Waals surface area contributed by atoms with Gasteiger partial charge in [0.05, 0.1) is 11.6 Å². The molecule has 0 spiro atoms. The molecule has 0 atom stereocenters. The second kappa shape index (κ2) is 5.01. The maximum atomic E-state index is 11.6. The lowest BCUT2D eigenvalue weighted by molar-refractivity contribution is 0.602. The third-order valence-electron chi connectivity index (χ3n) is 2.24. The number of benzene rings is 1. The fourth-order valence-electron chi connectivity index (χ4n) is 1.48. The third-order valence-corrected chi connectivity index (χ3v) is 2.24. The van der Waals surface area contributed by atoms with Gasteiger partial charge in [0, 0.05) is 17.5 Å². The molecule has 0 unspecified atom stereocenters. The Labute approximate surface area is 96.6 Å². The molecule has 0 saturated heterocycles. The molecule has 1 aromatic carbocycles. The summed E-state index contributed by atoms with van der Waals surface area (Å²) in [7, 11) is 0. The summed E-state index contributed by atoms with van der Waals surface area (Å²) in [6.45, 7) is 0.290. The molecular formula is C12H9N3O2. The van der Waals surface area contributed by atoms with Crippen LogP contribution in [-0.4, -0.2) is 6.54 Å². The molecule has 1 heterocycles. The van der Waals surface area contributed by atoms with Crippen LogP contribution in [0.3, 0.4) is 0 Å². The molecule has 5 nitrogen and oxygen atoms in total. The summed E-state index contributed by atoms with van der Waals surface area (Å²) in [5.41, 5.74) is 9.46. The Morgan fingerprint density at radius 3 is 3.12 bits per heavy atom. The quantitative estimate of drug-likeness (QED) is 0.458. The zero-order valence-corrected chi connectivity index (χ0v) is 8.91. The minimum atomic E-state index is -0.0726. The number of rotatable bonds is 3. The average Bonchev–Trinajstić information content (AvgIpc) is 2.36. The van der Waals surface area contributed by atoms with E-state index >= 15 is 0 Å². The lowest BCUT2D eigenvalue weighted by atomic mass is 10.1. The zero-order valence-electron chi connectivity index (χ0n) is 8.91. The van der Waals surface area contributed by atoms with Gasteiger partial charge in [0.1, 0.15) is 5.58 Å². The average molecular weight is 227 g/mol. The van der Waals surface area contributed by atoms with Crippen molar-refractivity contribution in [3.8, 4) is 0 Å². The topological polar surface area (TPSA) is 79.0 Å². The van der Waals surface area contributed by atoms with Crippen molar-refractivity contribution in [1.29, 1.82) is 0 Å². The van der Waals surface area contributed by atoms with E-state index < -0.39 is 0 Å². The highest BCUT2D eigenvalue weighted by Gasteiger charge is 1.99. The molecule has 17 heavy (non-hydrogen) atoms. The maximum Gasteiger partial charge on any atom is 0.192 e. The Kier molecular flexibility index (Phi) is 3.23. The van der Waals surface area contributed by atoms with E-state index in [2.05, 4.69) is 10.0 Å². The van der Waals surface area contributed by atoms with Gasteiger partial charge < -0.3 is 4.42 Å². The molecule has 2 aromatic rings. The van der Waals surface area contributed by atoms with Crippen molar-refractivity contribution < 1.29 is 4.42 Å². The standard InChI is InChI=1S/C12H9N3O2/c13-15-14-6-1-2-9-3-4-12-10(8-9)11(16)5-7-17-12/h1-5,7-8H,6H2. The molecule has 0 N–H and O–H groups in total. The highest BCUT2D eigenvalue weighted by Crippen LogP contribution is 2.13. The Morgan fingerprint density at radius 1 is 1.41 bits per heavy atom. The van der Waals surface area contributed by atoms with Crippen LogP contribution in [0.15, 0.2) is 50.9 Å². The maximum absolute atomic E-state index is 11.6. The zero-order chi connectivity index (χ0) is 12.1. The number of hydrogen-bond donors (Lipinski definition) is 0. The summed E-state index contributed by atoms with van der Waals surface area (Å²) in [5.74, 6) is 0. The van der Waals surface area contributed by atoms with Crippen LogP contribution in [0.25, 0.3) is 27.5 Å². The van der Waals surface area contributed by atoms with Crippen LogP contribution in [0, 0.1) is 0 Å². The molecule has 0 radical (unpaired) electrons. The lowest BCUT2D eigenvalue weighted by Gasteiger charge is -1.97. The SMILES string of the molecule is [N-]=[N+]=NCC=Cc1ccc2occc(=O)c2c1. The molecule has 0 fully saturated rings. The van der Waals surface area contributed by atoms with Gasteiger partial charge in [0.15, 0.2) is 5.43 Å². The summed E-state index contributed by atoms with van der Waals surface area (Å²) in [4.78, 5) is 14.2. The molecule has 84 valence electrons. The van der Waals surface area contributed by atoms with Gasteiger partial charge in [-0.05, 0) is 23.2 Å². The van der Waals surface area contributed by atoms with Crippen molar-refractivity contribution in [2.24, 2.45) is 5.11 Å². The number of hydrogen-bond acceptors (Lipinski definition) is 3. The molecule has 0 bridgehead atoms. The van der Waals surface area contributed by atoms with Crippen LogP contribution in [0.4, 0.5) is 0 Å². The first kappa shape index (κ1) is 11.0. The van der Waals surface area contributed by atoms with Gasteiger partial charge in [-0.3, -0.25) is 4.79 Å². The predicted octanol–water partition coefficient (Wildman–Crippen LogP) is 3.12. The van der Waals surface area contributed by atoms with Crippen LogP contribution in [0.1, 0.15) is 5.56 Å². The number of azide groups is 1. The minimum absolute atomic E-state index is 0.0726. The van der Waals surface area contributed by atoms with Crippen LogP contribution in [-0.2, 0) is 0 Å². The van der Waals surface area contributed by atoms with Gasteiger partial charge in [-0.1, -0.05) is 23.3 Å². The second-order valence-corrected chi connectivity index (χ2v) is 3.36. The summed E-state index contributed by atoms with van der Waals surface area (Å²) >= 11 is 0. The van der Waals surface area contributed by atoms with E-state index in [0.29, 0.717) is 11.0 Å². The van der Waals surface area contributed by atoms with Crippen molar-refractivity contribution in [3.63, 3.8) is 0 Å². The summed E-state index contributed by atoms with van der Waals surface area (Å²) in [6.07, 6.45) is 4.90. The fraction of sp³-hybridized carbons (Fsp3) is 0.0833. The van der Waals surface area contributed by atoms with Crippen LogP contribution in [0.5, 0.6) is 0 Å². The molecule has 1 aromatic heterocycles. The Hall–Kier alpha value is -2.52. The smallest absolute Gasteiger partial charge is 0.192 e. The number of nitrogens with zero attached hydrogens (tertiary/aromatic N) is 3. The Bertz CT molecular complexity index is 667. The molecule has 0 aliphatic heterocycles. The number of fused-ring (bicyclic) bond motifs is 1. The highest BCUT2D eigenvalue weighted by atomic mass is 16.3. The van der Waals surface area contributed by atoms with Gasteiger partial charge in [0.25, 0.3) is 0 Å². The molecule has 0 amide bonds. The van der Waals surface area contributed by atoms with Crippen LogP contribution >= 0.6 is 0 Å². The fourth-order valence-corrected chi connectivity index (χ4v) is 1.48. The first-order chi connectivity index (χ1) is 8.31. The van der Waals surface area contributed by atoms with Gasteiger partial charge >= 0.3 is 0 Å². The third kappa shape index (κ3) is 2.53. The largest absolute Gasteiger partial charge is 0.464 e. The van der Waals surface area contributed by atoms with Gasteiger partial charge in [-0.15, -0.1) is 0 Å². The molecule has 0 aliphatic rings. The van der Waals surface area contributed by atoms with Crippen molar-refractivity contribution >= 4 is 17.0 Å². The normalized spacial score (nSPS) is 10.6. The predicted molar refractivity (Wildman–Crippen MR) is 65.5 cm³/mol. The van der Waals surface area contributed by atoms with E-state index in [1.165, 1.54) is 12.3 Å². The summed E-state index contributed by atoms with van der Waals surface area (Å²) in [6, 6.07) is 6.70. The first-order valence-corrected chi connectivity index (χ1v) is 5.00. The minimum Gasteiger partial charge on any atom is -0.464 e. The van der Waals surface area contributed by atoms with E-state index in [4.69, 9.17) is 9.95 Å². The van der Waals surface area contributed by atoms with Crippen molar-refractivity contribution in [1.82, 2.24) is 0 Å². The van der Waals surface area contributed by atoms with E-state index in [-0.39, 0.29) is 12.0 Å². The van der Waals surface area contributed by atoms with Crippen molar-refractivity contribution in [2.45, 2.75) is 0 Å². The van der Waals surface area contributed by atoms with Crippen LogP contribution in [0.2, 0.25) is 0 Å². The van der Waals surface area contributed by atoms with Crippen LogP contribution < -0.4 is 5.43 Å². The van der Waals surface area contributed by atoms with Gasteiger partial charge in [0.2, 0.25) is 0 Å². The molecule has 0 saturated carbocycles. The monoisotopic (exact) mass is 227 g/mol. The summed E-state index contributed by atoms with van der Waals surface area (Å²) < 4.78 is 5.20. The van der Waals surface area contributed by atoms with Gasteiger partial charge in [-0.2, -0.15) is 0 Å². The van der Waals surface area contributed by atoms with E-state index in [1.807, 2.05) is 6.07 Å². The van der Waals surface area contributed by atoms with Crippen molar-refractivity contribution in [3.05, 3.63) is 62.8 Å². The molecule has 5 heteroatoms. The second-order valence-electron chi connectivity index (χ2n) is 3.36. The van der Waals surface area contributed by atoms with Gasteiger partial charge in [-0.25, -0.2) is 0 Å². The molecule has 0 aliphatic carbocycles. The highest BCUT2D eigenvalue weighted by molar-refractivity contribution is 5.79. The van der Waals surface area contributed by atoms with E-state index in [1.54, 1.807) is 24.3 Å².